The summed E-state index contributed by atoms with van der Waals surface area (Å²) in [5, 5.41) is 41.6. The molecular formula is C30H47N3O9S. The van der Waals surface area contributed by atoms with Crippen molar-refractivity contribution in [3.8, 4) is 0 Å². The maximum atomic E-state index is 12.6. The minimum atomic E-state index is -1.28. The fourth-order valence-corrected chi connectivity index (χ4v) is 4.75. The van der Waals surface area contributed by atoms with Crippen molar-refractivity contribution in [1.82, 2.24) is 10.6 Å². The average molecular weight is 626 g/mol. The maximum absolute atomic E-state index is 12.6. The molecule has 242 valence electrons. The number of carboxylic acids is 3. The second-order valence-electron chi connectivity index (χ2n) is 9.77. The van der Waals surface area contributed by atoms with E-state index in [0.29, 0.717) is 0 Å². The van der Waals surface area contributed by atoms with E-state index < -0.39 is 59.7 Å². The number of amides is 2. The van der Waals surface area contributed by atoms with Crippen LogP contribution in [0.3, 0.4) is 0 Å². The van der Waals surface area contributed by atoms with Gasteiger partial charge in [0.1, 0.15) is 18.6 Å². The van der Waals surface area contributed by atoms with Gasteiger partial charge in [0, 0.05) is 23.8 Å². The van der Waals surface area contributed by atoms with E-state index in [1.165, 1.54) is 19.3 Å². The van der Waals surface area contributed by atoms with Gasteiger partial charge in [-0.3, -0.25) is 24.0 Å². The van der Waals surface area contributed by atoms with Crippen molar-refractivity contribution < 1.29 is 44.4 Å². The minimum absolute atomic E-state index is 0.0542. The number of aliphatic carboxylic acids is 3. The molecule has 0 saturated heterocycles. The molecule has 0 bridgehead atoms. The van der Waals surface area contributed by atoms with E-state index >= 15 is 0 Å². The van der Waals surface area contributed by atoms with Gasteiger partial charge in [-0.2, -0.15) is 0 Å². The second kappa shape index (κ2) is 25.1. The molecule has 0 aliphatic heterocycles. The third kappa shape index (κ3) is 22.8. The van der Waals surface area contributed by atoms with Gasteiger partial charge in [0.05, 0.1) is 6.10 Å². The van der Waals surface area contributed by atoms with E-state index in [0.717, 1.165) is 24.6 Å². The molecule has 0 aliphatic rings. The fourth-order valence-electron chi connectivity index (χ4n) is 3.54. The average Bonchev–Trinajstić information content (AvgIpc) is 2.95. The largest absolute Gasteiger partial charge is 0.481 e. The molecule has 0 radical (unpaired) electrons. The summed E-state index contributed by atoms with van der Waals surface area (Å²) in [6, 6.07) is -2.45. The zero-order valence-electron chi connectivity index (χ0n) is 24.7. The molecule has 43 heavy (non-hydrogen) atoms. The normalized spacial score (nSPS) is 14.7. The van der Waals surface area contributed by atoms with E-state index in [1.807, 2.05) is 18.2 Å². The summed E-state index contributed by atoms with van der Waals surface area (Å²) < 4.78 is 0. The highest BCUT2D eigenvalue weighted by Gasteiger charge is 2.25. The number of hydrogen-bond donors (Lipinski definition) is 7. The van der Waals surface area contributed by atoms with E-state index in [1.54, 1.807) is 18.2 Å². The van der Waals surface area contributed by atoms with Crippen LogP contribution in [0, 0.1) is 0 Å². The van der Waals surface area contributed by atoms with Crippen LogP contribution in [0.1, 0.15) is 71.1 Å². The highest BCUT2D eigenvalue weighted by Crippen LogP contribution is 2.22. The van der Waals surface area contributed by atoms with Gasteiger partial charge in [0.25, 0.3) is 0 Å². The number of carbonyl (C=O) groups is 5. The van der Waals surface area contributed by atoms with E-state index in [9.17, 15) is 29.1 Å². The Morgan fingerprint density at radius 3 is 2.23 bits per heavy atom. The first kappa shape index (κ1) is 39.6. The molecule has 0 fully saturated rings. The number of carbonyl (C=O) groups excluding carboxylic acids is 2. The third-order valence-electron chi connectivity index (χ3n) is 5.97. The zero-order valence-corrected chi connectivity index (χ0v) is 25.5. The molecule has 2 amide bonds. The molecule has 13 heteroatoms. The topological polar surface area (TPSA) is 216 Å². The van der Waals surface area contributed by atoms with Crippen LogP contribution in [0.25, 0.3) is 0 Å². The quantitative estimate of drug-likeness (QED) is 0.0444. The van der Waals surface area contributed by atoms with Gasteiger partial charge >= 0.3 is 17.9 Å². The van der Waals surface area contributed by atoms with Crippen LogP contribution in [0.2, 0.25) is 0 Å². The highest BCUT2D eigenvalue weighted by molar-refractivity contribution is 8.00. The van der Waals surface area contributed by atoms with E-state index in [-0.39, 0.29) is 37.9 Å². The molecule has 0 saturated carbocycles. The SMILES string of the molecule is CCCCC/C=C\C\C=C/C=C\C=C\[C@@H](SC[C@H](NC(=O)CC[C@H](N)C(=O)O)C(=O)NCC(=O)O)[C@@H](O)CCCC(=O)O. The first-order chi connectivity index (χ1) is 20.5. The van der Waals surface area contributed by atoms with Gasteiger partial charge < -0.3 is 36.8 Å². The van der Waals surface area contributed by atoms with Crippen LogP contribution in [0.4, 0.5) is 0 Å². The Balaban J connectivity index is 5.38. The number of allylic oxidation sites excluding steroid dienone is 7. The molecule has 0 aliphatic carbocycles. The summed E-state index contributed by atoms with van der Waals surface area (Å²) in [7, 11) is 0. The van der Waals surface area contributed by atoms with Crippen molar-refractivity contribution in [3.05, 3.63) is 48.6 Å². The Bertz CT molecular complexity index is 982. The fraction of sp³-hybridized carbons (Fsp3) is 0.567. The van der Waals surface area contributed by atoms with Gasteiger partial charge in [0.15, 0.2) is 0 Å². The predicted octanol–water partition coefficient (Wildman–Crippen LogP) is 2.78. The molecule has 0 heterocycles. The number of unbranched alkanes of at least 4 members (excludes halogenated alkanes) is 3. The molecule has 8 N–H and O–H groups in total. The first-order valence-electron chi connectivity index (χ1n) is 14.4. The summed E-state index contributed by atoms with van der Waals surface area (Å²) in [5.41, 5.74) is 5.43. The van der Waals surface area contributed by atoms with Crippen LogP contribution in [-0.4, -0.2) is 85.9 Å². The third-order valence-corrected chi connectivity index (χ3v) is 7.36. The number of aliphatic hydroxyl groups excluding tert-OH is 1. The molecule has 0 aromatic heterocycles. The lowest BCUT2D eigenvalue weighted by atomic mass is 10.1. The number of aliphatic hydroxyl groups is 1. The Kier molecular flexibility index (Phi) is 23.1. The number of nitrogens with one attached hydrogen (secondary N) is 2. The summed E-state index contributed by atoms with van der Waals surface area (Å²) in [6.45, 7) is 1.49. The summed E-state index contributed by atoms with van der Waals surface area (Å²) >= 11 is 1.13. The van der Waals surface area contributed by atoms with Gasteiger partial charge in [-0.1, -0.05) is 68.4 Å². The lowest BCUT2D eigenvalue weighted by Crippen LogP contribution is -2.50. The van der Waals surface area contributed by atoms with Crippen molar-refractivity contribution >= 4 is 41.5 Å². The van der Waals surface area contributed by atoms with E-state index in [4.69, 9.17) is 21.1 Å². The second-order valence-corrected chi connectivity index (χ2v) is 11.0. The standard InChI is InChI=1S/C30H47N3O9S/c1-2-3-4-5-6-7-8-9-10-11-12-13-16-25(24(34)15-14-17-27(36)37)43-21-23(29(40)32-20-28(38)39)33-26(35)19-18-22(31)30(41)42/h6-7,9-13,16,22-25,34H,2-5,8,14-15,17-21,31H2,1H3,(H,32,40)(H,33,35)(H,36,37)(H,38,39)(H,41,42)/b7-6-,10-9-,12-11-,16-13+/t22-,23-,24-,25+/m0/s1. The number of nitrogens with two attached hydrogens (primary N) is 1. The van der Waals surface area contributed by atoms with Crippen molar-refractivity contribution in [2.45, 2.75) is 94.6 Å². The van der Waals surface area contributed by atoms with Crippen molar-refractivity contribution in [3.63, 3.8) is 0 Å². The zero-order chi connectivity index (χ0) is 32.5. The number of carboxylic acid groups (broad SMARTS) is 3. The lowest BCUT2D eigenvalue weighted by Gasteiger charge is -2.23. The predicted molar refractivity (Wildman–Crippen MR) is 166 cm³/mol. The molecule has 0 aromatic rings. The van der Waals surface area contributed by atoms with Crippen LogP contribution in [0.15, 0.2) is 48.6 Å². The molecule has 0 unspecified atom stereocenters. The summed E-state index contributed by atoms with van der Waals surface area (Å²) in [4.78, 5) is 57.8. The molecule has 0 rings (SSSR count). The molecule has 12 nitrogen and oxygen atoms in total. The molecule has 4 atom stereocenters. The highest BCUT2D eigenvalue weighted by atomic mass is 32.2. The Morgan fingerprint density at radius 2 is 1.58 bits per heavy atom. The summed E-state index contributed by atoms with van der Waals surface area (Å²) in [5.74, 6) is -5.01. The van der Waals surface area contributed by atoms with Crippen molar-refractivity contribution in [1.29, 1.82) is 0 Å². The number of rotatable bonds is 25. The van der Waals surface area contributed by atoms with Crippen LogP contribution in [0.5, 0.6) is 0 Å². The number of thioether (sulfide) groups is 1. The van der Waals surface area contributed by atoms with E-state index in [2.05, 4.69) is 29.7 Å². The van der Waals surface area contributed by atoms with Crippen molar-refractivity contribution in [2.24, 2.45) is 5.73 Å². The monoisotopic (exact) mass is 625 g/mol. The Morgan fingerprint density at radius 1 is 0.860 bits per heavy atom. The Labute approximate surface area is 257 Å². The van der Waals surface area contributed by atoms with Crippen LogP contribution in [-0.2, 0) is 24.0 Å². The molecular weight excluding hydrogens is 578 g/mol. The Hall–Kier alpha value is -3.42. The maximum Gasteiger partial charge on any atom is 0.322 e. The summed E-state index contributed by atoms with van der Waals surface area (Å²) in [6.07, 6.45) is 19.5. The van der Waals surface area contributed by atoms with Crippen molar-refractivity contribution in [2.75, 3.05) is 12.3 Å². The minimum Gasteiger partial charge on any atom is -0.481 e. The number of hydrogen-bond acceptors (Lipinski definition) is 8. The molecule has 0 aromatic carbocycles. The lowest BCUT2D eigenvalue weighted by molar-refractivity contribution is -0.139. The first-order valence-corrected chi connectivity index (χ1v) is 15.5. The van der Waals surface area contributed by atoms with Crippen LogP contribution < -0.4 is 16.4 Å². The van der Waals surface area contributed by atoms with Crippen LogP contribution >= 0.6 is 11.8 Å². The van der Waals surface area contributed by atoms with Gasteiger partial charge in [-0.25, -0.2) is 0 Å². The smallest absolute Gasteiger partial charge is 0.322 e. The molecule has 0 spiro atoms. The van der Waals surface area contributed by atoms with Gasteiger partial charge in [0.2, 0.25) is 11.8 Å². The van der Waals surface area contributed by atoms with Gasteiger partial charge in [-0.15, -0.1) is 11.8 Å². The van der Waals surface area contributed by atoms with Gasteiger partial charge in [-0.05, 0) is 38.5 Å².